The average molecular weight is 336 g/mol. The Bertz CT molecular complexity index is 471. The number of amides is 2. The molecule has 2 heterocycles. The Morgan fingerprint density at radius 3 is 2.75 bits per heavy atom. The average Bonchev–Trinajstić information content (AvgIpc) is 3.28. The second-order valence-corrected chi connectivity index (χ2v) is 6.65. The third-order valence-corrected chi connectivity index (χ3v) is 5.00. The maximum atomic E-state index is 12.1. The van der Waals surface area contributed by atoms with E-state index < -0.39 is 0 Å². The topological polar surface area (TPSA) is 60.8 Å². The van der Waals surface area contributed by atoms with E-state index in [-0.39, 0.29) is 12.1 Å². The lowest BCUT2D eigenvalue weighted by molar-refractivity contribution is 0.201. The van der Waals surface area contributed by atoms with E-state index in [4.69, 9.17) is 4.42 Å². The van der Waals surface area contributed by atoms with Gasteiger partial charge in [-0.1, -0.05) is 6.92 Å². The molecule has 6 nitrogen and oxygen atoms in total. The fourth-order valence-corrected chi connectivity index (χ4v) is 3.07. The second-order valence-electron chi connectivity index (χ2n) is 6.65. The summed E-state index contributed by atoms with van der Waals surface area (Å²) in [5.74, 6) is 0.925. The van der Waals surface area contributed by atoms with Gasteiger partial charge in [0.05, 0.1) is 12.3 Å². The molecule has 1 aliphatic heterocycles. The predicted molar refractivity (Wildman–Crippen MR) is 96.0 cm³/mol. The molecule has 24 heavy (non-hydrogen) atoms. The standard InChI is InChI=1S/C18H32N4O2/c1-4-15(2)21(3)12-9-19-18(23)20-14-16(17-8-7-13-24-17)22-10-5-6-11-22/h7-8,13,15-16H,4-6,9-12,14H2,1-3H3,(H2,19,20,23). The van der Waals surface area contributed by atoms with Crippen LogP contribution in [0, 0.1) is 0 Å². The van der Waals surface area contributed by atoms with Crippen LogP contribution in [0.1, 0.15) is 44.9 Å². The number of furan rings is 1. The highest BCUT2D eigenvalue weighted by molar-refractivity contribution is 5.73. The molecule has 2 N–H and O–H groups in total. The van der Waals surface area contributed by atoms with Gasteiger partial charge in [-0.3, -0.25) is 4.90 Å². The molecule has 2 rings (SSSR count). The van der Waals surface area contributed by atoms with Gasteiger partial charge in [0.25, 0.3) is 0 Å². The van der Waals surface area contributed by atoms with Crippen molar-refractivity contribution in [3.63, 3.8) is 0 Å². The first-order valence-corrected chi connectivity index (χ1v) is 9.11. The monoisotopic (exact) mass is 336 g/mol. The van der Waals surface area contributed by atoms with E-state index in [9.17, 15) is 4.79 Å². The summed E-state index contributed by atoms with van der Waals surface area (Å²) in [6, 6.07) is 4.44. The van der Waals surface area contributed by atoms with Gasteiger partial charge in [0.15, 0.2) is 0 Å². The van der Waals surface area contributed by atoms with E-state index in [1.807, 2.05) is 12.1 Å². The molecule has 6 heteroatoms. The number of hydrogen-bond acceptors (Lipinski definition) is 4. The van der Waals surface area contributed by atoms with Crippen LogP contribution >= 0.6 is 0 Å². The van der Waals surface area contributed by atoms with E-state index in [2.05, 4.69) is 41.3 Å². The van der Waals surface area contributed by atoms with Gasteiger partial charge in [-0.15, -0.1) is 0 Å². The summed E-state index contributed by atoms with van der Waals surface area (Å²) in [5.41, 5.74) is 0. The minimum Gasteiger partial charge on any atom is -0.468 e. The number of hydrogen-bond donors (Lipinski definition) is 2. The Labute approximate surface area is 145 Å². The van der Waals surface area contributed by atoms with E-state index in [0.717, 1.165) is 31.8 Å². The maximum Gasteiger partial charge on any atom is 0.314 e. The molecule has 2 atom stereocenters. The van der Waals surface area contributed by atoms with Crippen molar-refractivity contribution >= 4 is 6.03 Å². The van der Waals surface area contributed by atoms with Gasteiger partial charge in [0, 0.05) is 25.7 Å². The Morgan fingerprint density at radius 2 is 2.12 bits per heavy atom. The first-order chi connectivity index (χ1) is 11.6. The van der Waals surface area contributed by atoms with E-state index >= 15 is 0 Å². The van der Waals surface area contributed by atoms with Gasteiger partial charge >= 0.3 is 6.03 Å². The van der Waals surface area contributed by atoms with Gasteiger partial charge in [0.2, 0.25) is 0 Å². The summed E-state index contributed by atoms with van der Waals surface area (Å²) in [7, 11) is 2.09. The van der Waals surface area contributed by atoms with Crippen molar-refractivity contribution in [1.82, 2.24) is 20.4 Å². The molecule has 1 aliphatic rings. The molecule has 1 saturated heterocycles. The van der Waals surface area contributed by atoms with Crippen LogP contribution in [0.15, 0.2) is 22.8 Å². The fourth-order valence-electron chi connectivity index (χ4n) is 3.07. The number of nitrogens with one attached hydrogen (secondary N) is 2. The molecule has 1 aromatic heterocycles. The number of likely N-dealkylation sites (N-methyl/N-ethyl adjacent to an activating group) is 1. The normalized spacial score (nSPS) is 17.8. The van der Waals surface area contributed by atoms with Crippen LogP contribution in [0.5, 0.6) is 0 Å². The van der Waals surface area contributed by atoms with Crippen LogP contribution in [0.3, 0.4) is 0 Å². The minimum absolute atomic E-state index is 0.108. The Balaban J connectivity index is 1.74. The molecule has 0 bridgehead atoms. The highest BCUT2D eigenvalue weighted by Gasteiger charge is 2.25. The number of carbonyl (C=O) groups excluding carboxylic acids is 1. The van der Waals surface area contributed by atoms with Gasteiger partial charge in [0.1, 0.15) is 5.76 Å². The van der Waals surface area contributed by atoms with Crippen LogP contribution < -0.4 is 10.6 Å². The molecule has 2 unspecified atom stereocenters. The molecule has 0 spiro atoms. The zero-order valence-electron chi connectivity index (χ0n) is 15.3. The molecule has 0 radical (unpaired) electrons. The number of nitrogens with zero attached hydrogens (tertiary/aromatic N) is 2. The zero-order chi connectivity index (χ0) is 17.4. The molecule has 1 fully saturated rings. The van der Waals surface area contributed by atoms with Crippen molar-refractivity contribution in [2.75, 3.05) is 39.8 Å². The van der Waals surface area contributed by atoms with Crippen LogP contribution in [0.25, 0.3) is 0 Å². The molecule has 136 valence electrons. The predicted octanol–water partition coefficient (Wildman–Crippen LogP) is 2.45. The fraction of sp³-hybridized carbons (Fsp3) is 0.722. The third kappa shape index (κ3) is 5.53. The summed E-state index contributed by atoms with van der Waals surface area (Å²) < 4.78 is 5.57. The number of urea groups is 1. The Kier molecular flexibility index (Phi) is 7.59. The lowest BCUT2D eigenvalue weighted by Gasteiger charge is -2.26. The number of rotatable bonds is 9. The highest BCUT2D eigenvalue weighted by Crippen LogP contribution is 2.24. The summed E-state index contributed by atoms with van der Waals surface area (Å²) in [6.07, 6.45) is 5.24. The van der Waals surface area contributed by atoms with Gasteiger partial charge < -0.3 is 20.0 Å². The Hall–Kier alpha value is -1.53. The van der Waals surface area contributed by atoms with Crippen molar-refractivity contribution in [2.45, 2.75) is 45.2 Å². The zero-order valence-corrected chi connectivity index (χ0v) is 15.3. The van der Waals surface area contributed by atoms with E-state index in [1.54, 1.807) is 6.26 Å². The van der Waals surface area contributed by atoms with Crippen LogP contribution in [0.4, 0.5) is 4.79 Å². The van der Waals surface area contributed by atoms with E-state index in [1.165, 1.54) is 12.8 Å². The van der Waals surface area contributed by atoms with Crippen LogP contribution in [-0.2, 0) is 0 Å². The summed E-state index contributed by atoms with van der Waals surface area (Å²) in [5, 5.41) is 5.94. The molecule has 0 aromatic carbocycles. The van der Waals surface area contributed by atoms with Crippen molar-refractivity contribution in [2.24, 2.45) is 0 Å². The first-order valence-electron chi connectivity index (χ1n) is 9.11. The molecule has 0 aliphatic carbocycles. The van der Waals surface area contributed by atoms with Crippen molar-refractivity contribution < 1.29 is 9.21 Å². The first kappa shape index (κ1) is 18.8. The van der Waals surface area contributed by atoms with Gasteiger partial charge in [-0.2, -0.15) is 0 Å². The number of likely N-dealkylation sites (tertiary alicyclic amines) is 1. The third-order valence-electron chi connectivity index (χ3n) is 5.00. The molecular weight excluding hydrogens is 304 g/mol. The molecule has 1 aromatic rings. The van der Waals surface area contributed by atoms with Crippen LogP contribution in [0.2, 0.25) is 0 Å². The molecular formula is C18H32N4O2. The highest BCUT2D eigenvalue weighted by atomic mass is 16.3. The lowest BCUT2D eigenvalue weighted by Crippen LogP contribution is -2.44. The smallest absolute Gasteiger partial charge is 0.314 e. The van der Waals surface area contributed by atoms with Crippen molar-refractivity contribution in [3.8, 4) is 0 Å². The minimum atomic E-state index is -0.108. The van der Waals surface area contributed by atoms with Crippen molar-refractivity contribution in [1.29, 1.82) is 0 Å². The summed E-state index contributed by atoms with van der Waals surface area (Å²) in [6.45, 7) is 8.58. The Morgan fingerprint density at radius 1 is 1.38 bits per heavy atom. The largest absolute Gasteiger partial charge is 0.468 e. The molecule has 0 saturated carbocycles. The summed E-state index contributed by atoms with van der Waals surface area (Å²) in [4.78, 5) is 16.7. The lowest BCUT2D eigenvalue weighted by atomic mass is 10.2. The second kappa shape index (κ2) is 9.69. The van der Waals surface area contributed by atoms with Gasteiger partial charge in [-0.25, -0.2) is 4.79 Å². The SMILES string of the molecule is CCC(C)N(C)CCNC(=O)NCC(c1ccco1)N1CCCC1. The van der Waals surface area contributed by atoms with Crippen LogP contribution in [-0.4, -0.2) is 61.6 Å². The van der Waals surface area contributed by atoms with Crippen molar-refractivity contribution in [3.05, 3.63) is 24.2 Å². The maximum absolute atomic E-state index is 12.1. The molecule has 2 amide bonds. The quantitative estimate of drug-likeness (QED) is 0.727. The van der Waals surface area contributed by atoms with Gasteiger partial charge in [-0.05, 0) is 58.5 Å². The summed E-state index contributed by atoms with van der Waals surface area (Å²) >= 11 is 0. The van der Waals surface area contributed by atoms with E-state index in [0.29, 0.717) is 19.1 Å². The number of carbonyl (C=O) groups is 1.